The van der Waals surface area contributed by atoms with Gasteiger partial charge in [0.25, 0.3) is 0 Å². The summed E-state index contributed by atoms with van der Waals surface area (Å²) < 4.78 is 23.4. The summed E-state index contributed by atoms with van der Waals surface area (Å²) in [6, 6.07) is 32.0. The Balaban J connectivity index is 1.80. The van der Waals surface area contributed by atoms with Gasteiger partial charge >= 0.3 is 8.60 Å². The monoisotopic (exact) mass is 440 g/mol. The third-order valence-electron chi connectivity index (χ3n) is 4.87. The zero-order chi connectivity index (χ0) is 20.6. The summed E-state index contributed by atoms with van der Waals surface area (Å²) in [5.74, 6) is 0. The van der Waals surface area contributed by atoms with Gasteiger partial charge in [0.2, 0.25) is 0 Å². The Bertz CT molecular complexity index is 834. The summed E-state index contributed by atoms with van der Waals surface area (Å²) in [7, 11) is -0.401. The van der Waals surface area contributed by atoms with Crippen LogP contribution >= 0.6 is 16.5 Å². The highest BCUT2D eigenvalue weighted by molar-refractivity contribution is 7.73. The Morgan fingerprint density at radius 3 is 1.80 bits per heavy atom. The van der Waals surface area contributed by atoms with E-state index in [1.165, 1.54) is 16.2 Å². The van der Waals surface area contributed by atoms with Crippen molar-refractivity contribution in [1.29, 1.82) is 0 Å². The number of rotatable bonds is 9. The van der Waals surface area contributed by atoms with Crippen molar-refractivity contribution in [2.24, 2.45) is 0 Å². The van der Waals surface area contributed by atoms with Crippen molar-refractivity contribution in [3.63, 3.8) is 0 Å². The minimum Gasteiger partial charge on any atom is -0.382 e. The summed E-state index contributed by atoms with van der Waals surface area (Å²) in [6.45, 7) is 1.62. The van der Waals surface area contributed by atoms with Crippen LogP contribution in [0.2, 0.25) is 0 Å². The summed E-state index contributed by atoms with van der Waals surface area (Å²) in [6.07, 6.45) is -0.201. The van der Waals surface area contributed by atoms with Crippen LogP contribution in [0.4, 0.5) is 0 Å². The molecule has 0 aliphatic carbocycles. The first-order valence-corrected chi connectivity index (χ1v) is 12.5. The normalized spacial score (nSPS) is 16.6. The molecule has 1 aliphatic heterocycles. The lowest BCUT2D eigenvalue weighted by Crippen LogP contribution is -2.30. The van der Waals surface area contributed by atoms with Crippen LogP contribution in [0.1, 0.15) is 11.2 Å². The summed E-state index contributed by atoms with van der Waals surface area (Å²) in [4.78, 5) is 0. The number of ether oxygens (including phenoxy) is 1. The minimum atomic E-state index is -1.35. The maximum atomic E-state index is 6.40. The van der Waals surface area contributed by atoms with Gasteiger partial charge in [-0.3, -0.25) is 0 Å². The molecule has 0 bridgehead atoms. The van der Waals surface area contributed by atoms with Crippen LogP contribution in [0.25, 0.3) is 0 Å². The minimum absolute atomic E-state index is 0.0845. The van der Waals surface area contributed by atoms with E-state index in [1.807, 2.05) is 6.07 Å². The Hall–Kier alpha value is -1.64. The lowest BCUT2D eigenvalue weighted by atomic mass is 10.1. The SMILES string of the molecule is COC[C@H](OP1OCCO1)[C@@H](c1ccccc1)P(c1ccccc1)c1ccccc1. The molecule has 0 aromatic heterocycles. The Labute approximate surface area is 180 Å². The fourth-order valence-corrected chi connectivity index (χ4v) is 7.62. The molecule has 1 saturated heterocycles. The van der Waals surface area contributed by atoms with Gasteiger partial charge in [0, 0.05) is 12.8 Å². The van der Waals surface area contributed by atoms with Gasteiger partial charge in [-0.05, 0) is 24.1 Å². The molecule has 30 heavy (non-hydrogen) atoms. The van der Waals surface area contributed by atoms with E-state index >= 15 is 0 Å². The highest BCUT2D eigenvalue weighted by Crippen LogP contribution is 2.56. The molecule has 4 nitrogen and oxygen atoms in total. The van der Waals surface area contributed by atoms with Crippen LogP contribution < -0.4 is 10.6 Å². The number of hydrogen-bond acceptors (Lipinski definition) is 4. The second-order valence-corrected chi connectivity index (χ2v) is 10.4. The molecule has 1 aliphatic rings. The Kier molecular flexibility index (Phi) is 8.00. The maximum Gasteiger partial charge on any atom is 0.333 e. The highest BCUT2D eigenvalue weighted by atomic mass is 31.2. The maximum absolute atomic E-state index is 6.40. The largest absolute Gasteiger partial charge is 0.382 e. The molecule has 0 saturated carbocycles. The van der Waals surface area contributed by atoms with E-state index in [2.05, 4.69) is 84.9 Å². The van der Waals surface area contributed by atoms with E-state index in [-0.39, 0.29) is 11.8 Å². The smallest absolute Gasteiger partial charge is 0.333 e. The van der Waals surface area contributed by atoms with Gasteiger partial charge in [0.05, 0.1) is 19.8 Å². The second-order valence-electron chi connectivity index (χ2n) is 6.89. The van der Waals surface area contributed by atoms with Crippen molar-refractivity contribution in [2.75, 3.05) is 26.9 Å². The first-order chi connectivity index (χ1) is 14.9. The van der Waals surface area contributed by atoms with Crippen LogP contribution in [0.15, 0.2) is 91.0 Å². The molecule has 1 fully saturated rings. The molecular formula is C24H26O4P2. The molecule has 0 N–H and O–H groups in total. The Morgan fingerprint density at radius 1 is 0.800 bits per heavy atom. The zero-order valence-corrected chi connectivity index (χ0v) is 18.8. The van der Waals surface area contributed by atoms with Crippen LogP contribution in [-0.2, 0) is 18.3 Å². The summed E-state index contributed by atoms with van der Waals surface area (Å²) in [5.41, 5.74) is 1.31. The Morgan fingerprint density at radius 2 is 1.30 bits per heavy atom. The molecule has 3 aromatic rings. The molecule has 1 heterocycles. The van der Waals surface area contributed by atoms with E-state index < -0.39 is 16.5 Å². The molecule has 3 aromatic carbocycles. The number of methoxy groups -OCH3 is 1. The van der Waals surface area contributed by atoms with Gasteiger partial charge in [-0.25, -0.2) is 0 Å². The third kappa shape index (κ3) is 5.34. The van der Waals surface area contributed by atoms with Gasteiger partial charge in [0.1, 0.15) is 6.10 Å². The summed E-state index contributed by atoms with van der Waals surface area (Å²) >= 11 is 0. The topological polar surface area (TPSA) is 36.9 Å². The molecule has 0 unspecified atom stereocenters. The summed E-state index contributed by atoms with van der Waals surface area (Å²) in [5, 5.41) is 2.61. The van der Waals surface area contributed by atoms with Crippen LogP contribution in [0, 0.1) is 0 Å². The zero-order valence-electron chi connectivity index (χ0n) is 17.0. The first kappa shape index (κ1) is 21.6. The van der Waals surface area contributed by atoms with E-state index in [0.29, 0.717) is 19.8 Å². The first-order valence-electron chi connectivity index (χ1n) is 10.0. The van der Waals surface area contributed by atoms with Gasteiger partial charge in [-0.2, -0.15) is 0 Å². The number of hydrogen-bond donors (Lipinski definition) is 0. The molecule has 156 valence electrons. The van der Waals surface area contributed by atoms with E-state index in [0.717, 1.165) is 0 Å². The predicted octanol–water partition coefficient (Wildman–Crippen LogP) is 5.17. The van der Waals surface area contributed by atoms with Crippen LogP contribution in [0.3, 0.4) is 0 Å². The van der Waals surface area contributed by atoms with Gasteiger partial charge in [0.15, 0.2) is 0 Å². The van der Waals surface area contributed by atoms with E-state index in [4.69, 9.17) is 18.3 Å². The fourth-order valence-electron chi connectivity index (χ4n) is 3.60. The van der Waals surface area contributed by atoms with Crippen molar-refractivity contribution >= 4 is 27.1 Å². The van der Waals surface area contributed by atoms with Crippen LogP contribution in [-0.4, -0.2) is 33.0 Å². The molecular weight excluding hydrogens is 414 g/mol. The van der Waals surface area contributed by atoms with Gasteiger partial charge in [-0.1, -0.05) is 91.0 Å². The molecule has 4 rings (SSSR count). The standard InChI is InChI=1S/C24H26O4P2/c1-25-19-23(28-30-26-17-18-27-30)24(20-11-5-2-6-12-20)29(21-13-7-3-8-14-21)22-15-9-4-10-16-22/h2-16,23-24H,17-19H2,1H3/t23-,24+/m0/s1. The third-order valence-corrected chi connectivity index (χ3v) is 8.99. The second kappa shape index (κ2) is 11.1. The molecule has 6 heteroatoms. The van der Waals surface area contributed by atoms with Crippen molar-refractivity contribution in [1.82, 2.24) is 0 Å². The quantitative estimate of drug-likeness (QED) is 0.431. The van der Waals surface area contributed by atoms with Crippen molar-refractivity contribution in [3.05, 3.63) is 96.6 Å². The van der Waals surface area contributed by atoms with Gasteiger partial charge < -0.3 is 18.3 Å². The highest BCUT2D eigenvalue weighted by Gasteiger charge is 2.37. The average molecular weight is 440 g/mol. The molecule has 0 amide bonds. The molecule has 2 atom stereocenters. The lowest BCUT2D eigenvalue weighted by Gasteiger charge is -2.35. The number of benzene rings is 3. The average Bonchev–Trinajstić information content (AvgIpc) is 3.32. The predicted molar refractivity (Wildman–Crippen MR) is 124 cm³/mol. The van der Waals surface area contributed by atoms with Gasteiger partial charge in [-0.15, -0.1) is 0 Å². The fraction of sp³-hybridized carbons (Fsp3) is 0.250. The van der Waals surface area contributed by atoms with Crippen molar-refractivity contribution < 1.29 is 18.3 Å². The van der Waals surface area contributed by atoms with Crippen molar-refractivity contribution in [2.45, 2.75) is 11.8 Å². The van der Waals surface area contributed by atoms with Crippen molar-refractivity contribution in [3.8, 4) is 0 Å². The van der Waals surface area contributed by atoms with E-state index in [9.17, 15) is 0 Å². The lowest BCUT2D eigenvalue weighted by molar-refractivity contribution is 0.0688. The molecule has 0 radical (unpaired) electrons. The van der Waals surface area contributed by atoms with Crippen LogP contribution in [0.5, 0.6) is 0 Å². The van der Waals surface area contributed by atoms with E-state index in [1.54, 1.807) is 7.11 Å². The molecule has 0 spiro atoms.